The van der Waals surface area contributed by atoms with Gasteiger partial charge < -0.3 is 24.3 Å². The van der Waals surface area contributed by atoms with Gasteiger partial charge in [0.15, 0.2) is 11.5 Å². The first kappa shape index (κ1) is 31.5. The molecule has 0 radical (unpaired) electrons. The van der Waals surface area contributed by atoms with Crippen LogP contribution in [0.3, 0.4) is 0 Å². The Morgan fingerprint density at radius 2 is 1.74 bits per heavy atom. The number of amides is 1. The molecule has 2 aliphatic rings. The van der Waals surface area contributed by atoms with Crippen molar-refractivity contribution >= 4 is 38.9 Å². The van der Waals surface area contributed by atoms with Gasteiger partial charge in [-0.25, -0.2) is 8.42 Å². The van der Waals surface area contributed by atoms with Crippen molar-refractivity contribution in [1.29, 1.82) is 0 Å². The summed E-state index contributed by atoms with van der Waals surface area (Å²) >= 11 is 6.11. The molecule has 4 aromatic rings. The molecular weight excluding hydrogens is 628 g/mol. The fourth-order valence-corrected chi connectivity index (χ4v) is 7.79. The van der Waals surface area contributed by atoms with Crippen LogP contribution in [0.4, 0.5) is 11.4 Å². The summed E-state index contributed by atoms with van der Waals surface area (Å²) in [6.07, 6.45) is 1.50. The lowest BCUT2D eigenvalue weighted by Gasteiger charge is -2.44. The number of anilines is 2. The first-order valence-electron chi connectivity index (χ1n) is 15.0. The highest BCUT2D eigenvalue weighted by molar-refractivity contribution is 7.92. The molecule has 0 saturated carbocycles. The van der Waals surface area contributed by atoms with Crippen LogP contribution in [0.1, 0.15) is 34.0 Å². The molecule has 12 heteroatoms. The number of ether oxygens (including phenoxy) is 2. The normalized spacial score (nSPS) is 17.2. The largest absolute Gasteiger partial charge is 0.493 e. The standard InChI is InChI=1S/C34H35ClN4O6S/c1-44-31-12-9-22(16-32(31)45-2)13-14-36-34(41)24-10-11-30(28(17-24)37-46(42,43)27-6-3-5-26(35)18-27)38-19-23-15-25(21-38)29-7-4-8-33(40)39(29)20-23/h3-12,16-18,23,25,37H,13-15,19-21H2,1-2H3,(H,36,41). The van der Waals surface area contributed by atoms with Crippen molar-refractivity contribution in [2.75, 3.05) is 43.5 Å². The summed E-state index contributed by atoms with van der Waals surface area (Å²) < 4.78 is 42.4. The Morgan fingerprint density at radius 3 is 2.52 bits per heavy atom. The zero-order chi connectivity index (χ0) is 32.4. The number of aromatic nitrogens is 1. The molecule has 46 heavy (non-hydrogen) atoms. The molecule has 3 aromatic carbocycles. The van der Waals surface area contributed by atoms with Crippen molar-refractivity contribution in [2.45, 2.75) is 30.2 Å². The van der Waals surface area contributed by atoms with E-state index in [4.69, 9.17) is 21.1 Å². The molecular formula is C34H35ClN4O6S. The molecule has 2 N–H and O–H groups in total. The summed E-state index contributed by atoms with van der Waals surface area (Å²) in [7, 11) is -0.893. The van der Waals surface area contributed by atoms with Gasteiger partial charge in [-0.05, 0) is 78.9 Å². The van der Waals surface area contributed by atoms with E-state index < -0.39 is 10.0 Å². The highest BCUT2D eigenvalue weighted by Gasteiger charge is 2.35. The number of rotatable bonds is 10. The molecule has 2 unspecified atom stereocenters. The van der Waals surface area contributed by atoms with E-state index >= 15 is 0 Å². The number of halogens is 1. The van der Waals surface area contributed by atoms with Crippen LogP contribution in [0.25, 0.3) is 0 Å². The predicted octanol–water partition coefficient (Wildman–Crippen LogP) is 4.92. The quantitative estimate of drug-likeness (QED) is 0.248. The maximum atomic E-state index is 13.5. The van der Waals surface area contributed by atoms with E-state index in [1.807, 2.05) is 28.8 Å². The average molecular weight is 663 g/mol. The number of hydrogen-bond donors (Lipinski definition) is 2. The monoisotopic (exact) mass is 662 g/mol. The van der Waals surface area contributed by atoms with Gasteiger partial charge in [-0.3, -0.25) is 14.3 Å². The van der Waals surface area contributed by atoms with Crippen molar-refractivity contribution in [1.82, 2.24) is 9.88 Å². The number of piperidine rings is 1. The SMILES string of the molecule is COc1ccc(CCNC(=O)c2ccc(N3CC4CC(C3)c3cccc(=O)n3C4)c(NS(=O)(=O)c3cccc(Cl)c3)c2)cc1OC. The number of benzene rings is 3. The number of pyridine rings is 1. The van der Waals surface area contributed by atoms with Crippen LogP contribution >= 0.6 is 11.6 Å². The Morgan fingerprint density at radius 1 is 0.935 bits per heavy atom. The van der Waals surface area contributed by atoms with Gasteiger partial charge in [0, 0.05) is 54.4 Å². The summed E-state index contributed by atoms with van der Waals surface area (Å²) in [6, 6.07) is 22.1. The molecule has 2 aliphatic heterocycles. The second-order valence-electron chi connectivity index (χ2n) is 11.6. The van der Waals surface area contributed by atoms with Gasteiger partial charge in [-0.1, -0.05) is 29.8 Å². The Hall–Kier alpha value is -4.48. The van der Waals surface area contributed by atoms with Gasteiger partial charge in [0.1, 0.15) is 0 Å². The van der Waals surface area contributed by atoms with Crippen molar-refractivity contribution in [2.24, 2.45) is 5.92 Å². The number of nitrogens with zero attached hydrogens (tertiary/aromatic N) is 2. The van der Waals surface area contributed by atoms with Crippen LogP contribution in [-0.2, 0) is 23.0 Å². The zero-order valence-corrected chi connectivity index (χ0v) is 27.1. The van der Waals surface area contributed by atoms with E-state index in [-0.39, 0.29) is 33.9 Å². The van der Waals surface area contributed by atoms with Crippen LogP contribution in [-0.4, -0.2) is 52.7 Å². The lowest BCUT2D eigenvalue weighted by molar-refractivity contribution is 0.0954. The number of sulfonamides is 1. The maximum Gasteiger partial charge on any atom is 0.262 e. The summed E-state index contributed by atoms with van der Waals surface area (Å²) in [4.78, 5) is 28.0. The third-order valence-electron chi connectivity index (χ3n) is 8.58. The molecule has 2 atom stereocenters. The number of methoxy groups -OCH3 is 2. The van der Waals surface area contributed by atoms with Crippen molar-refractivity contribution in [3.05, 3.63) is 111 Å². The minimum absolute atomic E-state index is 0.00267. The smallest absolute Gasteiger partial charge is 0.262 e. The van der Waals surface area contributed by atoms with Crippen LogP contribution in [0, 0.1) is 5.92 Å². The van der Waals surface area contributed by atoms with Gasteiger partial charge in [0.05, 0.1) is 30.5 Å². The molecule has 10 nitrogen and oxygen atoms in total. The van der Waals surface area contributed by atoms with E-state index in [0.29, 0.717) is 60.4 Å². The molecule has 2 bridgehead atoms. The summed E-state index contributed by atoms with van der Waals surface area (Å²) in [5, 5.41) is 3.23. The number of carbonyl (C=O) groups excluding carboxylic acids is 1. The molecule has 0 spiro atoms. The van der Waals surface area contributed by atoms with Crippen LogP contribution in [0.2, 0.25) is 5.02 Å². The molecule has 1 amide bonds. The van der Waals surface area contributed by atoms with Gasteiger partial charge >= 0.3 is 0 Å². The Labute approximate surface area is 273 Å². The number of nitrogens with one attached hydrogen (secondary N) is 2. The molecule has 240 valence electrons. The molecule has 1 saturated heterocycles. The van der Waals surface area contributed by atoms with Gasteiger partial charge in [-0.2, -0.15) is 0 Å². The van der Waals surface area contributed by atoms with Crippen LogP contribution in [0.5, 0.6) is 11.5 Å². The van der Waals surface area contributed by atoms with E-state index in [0.717, 1.165) is 17.7 Å². The summed E-state index contributed by atoms with van der Waals surface area (Å²) in [5.74, 6) is 1.22. The Bertz CT molecular complexity index is 1950. The van der Waals surface area contributed by atoms with Crippen LogP contribution in [0.15, 0.2) is 88.6 Å². The fourth-order valence-electron chi connectivity index (χ4n) is 6.42. The lowest BCUT2D eigenvalue weighted by atomic mass is 9.83. The topological polar surface area (TPSA) is 119 Å². The van der Waals surface area contributed by atoms with Gasteiger partial charge in [0.2, 0.25) is 0 Å². The summed E-state index contributed by atoms with van der Waals surface area (Å²) in [6.45, 7) is 2.20. The fraction of sp³-hybridized carbons (Fsp3) is 0.294. The van der Waals surface area contributed by atoms with Crippen LogP contribution < -0.4 is 30.0 Å². The molecule has 6 rings (SSSR count). The third kappa shape index (κ3) is 6.56. The summed E-state index contributed by atoms with van der Waals surface area (Å²) in [5.41, 5.74) is 3.21. The lowest BCUT2D eigenvalue weighted by Crippen LogP contribution is -2.47. The number of fused-ring (bicyclic) bond motifs is 4. The molecule has 0 aliphatic carbocycles. The first-order chi connectivity index (χ1) is 22.1. The first-order valence-corrected chi connectivity index (χ1v) is 16.9. The Balaban J connectivity index is 1.26. The van der Waals surface area contributed by atoms with Gasteiger partial charge in [-0.15, -0.1) is 0 Å². The predicted molar refractivity (Wildman–Crippen MR) is 178 cm³/mol. The van der Waals surface area contributed by atoms with Gasteiger partial charge in [0.25, 0.3) is 21.5 Å². The second-order valence-corrected chi connectivity index (χ2v) is 13.7. The highest BCUT2D eigenvalue weighted by Crippen LogP contribution is 2.40. The van der Waals surface area contributed by atoms with Crippen molar-refractivity contribution in [3.8, 4) is 11.5 Å². The number of hydrogen-bond acceptors (Lipinski definition) is 7. The minimum atomic E-state index is -4.04. The van der Waals surface area contributed by atoms with Crippen molar-refractivity contribution < 1.29 is 22.7 Å². The molecule has 1 aromatic heterocycles. The second kappa shape index (κ2) is 13.1. The van der Waals surface area contributed by atoms with E-state index in [2.05, 4.69) is 14.9 Å². The molecule has 3 heterocycles. The van der Waals surface area contributed by atoms with E-state index in [9.17, 15) is 18.0 Å². The zero-order valence-electron chi connectivity index (χ0n) is 25.5. The molecule has 1 fully saturated rings. The maximum absolute atomic E-state index is 13.5. The average Bonchev–Trinajstić information content (AvgIpc) is 3.05. The number of carbonyl (C=O) groups is 1. The van der Waals surface area contributed by atoms with E-state index in [1.54, 1.807) is 56.7 Å². The van der Waals surface area contributed by atoms with Crippen molar-refractivity contribution in [3.63, 3.8) is 0 Å². The Kier molecular flexibility index (Phi) is 8.97. The van der Waals surface area contributed by atoms with E-state index in [1.165, 1.54) is 12.1 Å². The highest BCUT2D eigenvalue weighted by atomic mass is 35.5. The minimum Gasteiger partial charge on any atom is -0.493 e. The third-order valence-corrected chi connectivity index (χ3v) is 10.2.